The summed E-state index contributed by atoms with van der Waals surface area (Å²) in [4.78, 5) is 42.6. The monoisotopic (exact) mass is 506 g/mol. The number of hydrogen-bond donors (Lipinski definition) is 1. The molecule has 184 valence electrons. The lowest BCUT2D eigenvalue weighted by Crippen LogP contribution is -2.35. The van der Waals surface area contributed by atoms with E-state index in [2.05, 4.69) is 5.32 Å². The van der Waals surface area contributed by atoms with Gasteiger partial charge in [-0.15, -0.1) is 11.3 Å². The molecule has 1 aromatic heterocycles. The van der Waals surface area contributed by atoms with Crippen LogP contribution in [0.5, 0.6) is 0 Å². The summed E-state index contributed by atoms with van der Waals surface area (Å²) in [6, 6.07) is 5.66. The molecule has 0 unspecified atom stereocenters. The second-order valence-corrected chi connectivity index (χ2v) is 11.4. The van der Waals surface area contributed by atoms with Crippen molar-refractivity contribution in [1.29, 1.82) is 0 Å². The molecule has 11 heteroatoms. The van der Waals surface area contributed by atoms with Gasteiger partial charge in [0.15, 0.2) is 0 Å². The highest BCUT2D eigenvalue weighted by atomic mass is 32.2. The highest BCUT2D eigenvalue weighted by molar-refractivity contribution is 7.89. The van der Waals surface area contributed by atoms with Crippen LogP contribution in [0.3, 0.4) is 0 Å². The van der Waals surface area contributed by atoms with Gasteiger partial charge in [0.2, 0.25) is 15.9 Å². The summed E-state index contributed by atoms with van der Waals surface area (Å²) in [6.07, 6.45) is 0.542. The van der Waals surface area contributed by atoms with Crippen molar-refractivity contribution < 1.29 is 22.8 Å². The van der Waals surface area contributed by atoms with Crippen LogP contribution in [0.1, 0.15) is 51.9 Å². The van der Waals surface area contributed by atoms with Gasteiger partial charge in [-0.1, -0.05) is 0 Å². The van der Waals surface area contributed by atoms with E-state index in [1.165, 1.54) is 56.6 Å². The van der Waals surface area contributed by atoms with Gasteiger partial charge >= 0.3 is 0 Å². The van der Waals surface area contributed by atoms with Gasteiger partial charge in [0.1, 0.15) is 5.00 Å². The number of benzene rings is 1. The summed E-state index contributed by atoms with van der Waals surface area (Å²) in [5.41, 5.74) is 1.63. The van der Waals surface area contributed by atoms with E-state index < -0.39 is 15.9 Å². The van der Waals surface area contributed by atoms with Gasteiger partial charge in [-0.2, -0.15) is 0 Å². The molecule has 0 saturated heterocycles. The molecule has 0 radical (unpaired) electrons. The second kappa shape index (κ2) is 10.2. The van der Waals surface area contributed by atoms with E-state index in [4.69, 9.17) is 0 Å². The number of fused-ring (bicyclic) bond motifs is 1. The first-order chi connectivity index (χ1) is 16.0. The maximum absolute atomic E-state index is 13.3. The molecule has 1 aliphatic rings. The molecular weight excluding hydrogens is 476 g/mol. The van der Waals surface area contributed by atoms with Crippen LogP contribution in [0, 0.1) is 0 Å². The van der Waals surface area contributed by atoms with E-state index >= 15 is 0 Å². The molecule has 0 atom stereocenters. The summed E-state index contributed by atoms with van der Waals surface area (Å²) in [5, 5.41) is 3.31. The first-order valence-corrected chi connectivity index (χ1v) is 13.3. The zero-order valence-electron chi connectivity index (χ0n) is 20.0. The average Bonchev–Trinajstić information content (AvgIpc) is 3.16. The number of nitrogens with one attached hydrogen (secondary N) is 1. The smallest absolute Gasteiger partial charge is 0.257 e. The van der Waals surface area contributed by atoms with Crippen molar-refractivity contribution in [2.24, 2.45) is 0 Å². The molecule has 0 saturated carbocycles. The molecule has 2 heterocycles. The predicted octanol–water partition coefficient (Wildman–Crippen LogP) is 2.64. The minimum atomic E-state index is -3.60. The SMILES string of the molecule is CCN(CC)C(=O)c1c(NC(=O)c2ccc(S(=O)(=O)N(C)C)cc2)sc2c1CCN(C(C)=O)C2. The Balaban J connectivity index is 1.95. The van der Waals surface area contributed by atoms with E-state index in [0.29, 0.717) is 43.2 Å². The fourth-order valence-electron chi connectivity index (χ4n) is 3.82. The molecule has 0 aliphatic carbocycles. The maximum atomic E-state index is 13.3. The molecule has 0 bridgehead atoms. The Bertz CT molecular complexity index is 1200. The van der Waals surface area contributed by atoms with Crippen molar-refractivity contribution in [3.8, 4) is 0 Å². The number of hydrogen-bond acceptors (Lipinski definition) is 6. The highest BCUT2D eigenvalue weighted by Crippen LogP contribution is 2.38. The number of nitrogens with zero attached hydrogens (tertiary/aromatic N) is 3. The summed E-state index contributed by atoms with van der Waals surface area (Å²) in [7, 11) is -0.723. The normalized spacial score (nSPS) is 13.5. The van der Waals surface area contributed by atoms with Crippen LogP contribution in [-0.4, -0.2) is 74.0 Å². The Morgan fingerprint density at radius 1 is 1.09 bits per heavy atom. The van der Waals surface area contributed by atoms with Crippen LogP contribution in [0.4, 0.5) is 5.00 Å². The van der Waals surface area contributed by atoms with Crippen LogP contribution in [0.15, 0.2) is 29.2 Å². The lowest BCUT2D eigenvalue weighted by molar-refractivity contribution is -0.129. The zero-order chi connectivity index (χ0) is 25.2. The van der Waals surface area contributed by atoms with Gasteiger partial charge < -0.3 is 15.1 Å². The molecule has 1 aliphatic heterocycles. The zero-order valence-corrected chi connectivity index (χ0v) is 21.7. The van der Waals surface area contributed by atoms with Gasteiger partial charge in [0, 0.05) is 51.1 Å². The third kappa shape index (κ3) is 5.01. The van der Waals surface area contributed by atoms with Gasteiger partial charge in [0.05, 0.1) is 17.0 Å². The fraction of sp³-hybridized carbons (Fsp3) is 0.435. The van der Waals surface area contributed by atoms with Crippen LogP contribution in [0.2, 0.25) is 0 Å². The van der Waals surface area contributed by atoms with Gasteiger partial charge in [-0.05, 0) is 50.1 Å². The van der Waals surface area contributed by atoms with Crippen molar-refractivity contribution in [2.45, 2.75) is 38.6 Å². The largest absolute Gasteiger partial charge is 0.339 e. The van der Waals surface area contributed by atoms with Crippen LogP contribution in [0.25, 0.3) is 0 Å². The molecule has 0 spiro atoms. The Kier molecular flexibility index (Phi) is 7.79. The highest BCUT2D eigenvalue weighted by Gasteiger charge is 2.31. The lowest BCUT2D eigenvalue weighted by atomic mass is 10.0. The van der Waals surface area contributed by atoms with Crippen molar-refractivity contribution in [1.82, 2.24) is 14.1 Å². The number of carbonyl (C=O) groups is 3. The number of amides is 3. The average molecular weight is 507 g/mol. The van der Waals surface area contributed by atoms with E-state index in [1.54, 1.807) is 9.80 Å². The third-order valence-electron chi connectivity index (χ3n) is 5.89. The molecule has 1 aromatic carbocycles. The summed E-state index contributed by atoms with van der Waals surface area (Å²) >= 11 is 1.31. The molecular formula is C23H30N4O5S2. The first-order valence-electron chi connectivity index (χ1n) is 11.0. The van der Waals surface area contributed by atoms with Crippen LogP contribution >= 0.6 is 11.3 Å². The molecule has 9 nitrogen and oxygen atoms in total. The molecule has 3 rings (SSSR count). The van der Waals surface area contributed by atoms with Crippen molar-refractivity contribution >= 4 is 44.1 Å². The van der Waals surface area contributed by atoms with Crippen molar-refractivity contribution in [2.75, 3.05) is 39.0 Å². The number of carbonyl (C=O) groups excluding carboxylic acids is 3. The summed E-state index contributed by atoms with van der Waals surface area (Å²) in [5.74, 6) is -0.625. The van der Waals surface area contributed by atoms with Crippen molar-refractivity contribution in [3.05, 3.63) is 45.8 Å². The standard InChI is InChI=1S/C23H30N4O5S2/c1-6-26(7-2)23(30)20-18-12-13-27(15(3)28)14-19(18)33-22(20)24-21(29)16-8-10-17(11-9-16)34(31,32)25(4)5/h8-11H,6-7,12-14H2,1-5H3,(H,24,29). The number of rotatable bonds is 7. The third-order valence-corrected chi connectivity index (χ3v) is 8.85. The number of anilines is 1. The Hall–Kier alpha value is -2.76. The van der Waals surface area contributed by atoms with Crippen LogP contribution in [-0.2, 0) is 27.8 Å². The Morgan fingerprint density at radius 2 is 1.71 bits per heavy atom. The minimum absolute atomic E-state index is 0.0333. The molecule has 34 heavy (non-hydrogen) atoms. The van der Waals surface area contributed by atoms with E-state index in [9.17, 15) is 22.8 Å². The molecule has 0 fully saturated rings. The lowest BCUT2D eigenvalue weighted by Gasteiger charge is -2.27. The topological polar surface area (TPSA) is 107 Å². The first kappa shape index (κ1) is 25.9. The van der Waals surface area contributed by atoms with E-state index in [-0.39, 0.29) is 22.3 Å². The minimum Gasteiger partial charge on any atom is -0.339 e. The predicted molar refractivity (Wildman–Crippen MR) is 132 cm³/mol. The fourth-order valence-corrected chi connectivity index (χ4v) is 5.97. The summed E-state index contributed by atoms with van der Waals surface area (Å²) in [6.45, 7) is 7.32. The van der Waals surface area contributed by atoms with E-state index in [0.717, 1.165) is 14.7 Å². The molecule has 1 N–H and O–H groups in total. The summed E-state index contributed by atoms with van der Waals surface area (Å²) < 4.78 is 25.7. The Morgan fingerprint density at radius 3 is 2.24 bits per heavy atom. The van der Waals surface area contributed by atoms with Gasteiger partial charge in [-0.25, -0.2) is 12.7 Å². The Labute approximate surface area is 204 Å². The molecule has 3 amide bonds. The number of sulfonamides is 1. The van der Waals surface area contributed by atoms with Gasteiger partial charge in [0.25, 0.3) is 11.8 Å². The number of thiophene rings is 1. The van der Waals surface area contributed by atoms with Gasteiger partial charge in [-0.3, -0.25) is 14.4 Å². The van der Waals surface area contributed by atoms with Crippen molar-refractivity contribution in [3.63, 3.8) is 0 Å². The molecule has 2 aromatic rings. The maximum Gasteiger partial charge on any atom is 0.257 e. The van der Waals surface area contributed by atoms with E-state index in [1.807, 2.05) is 13.8 Å². The van der Waals surface area contributed by atoms with Crippen LogP contribution < -0.4 is 5.32 Å². The second-order valence-electron chi connectivity index (χ2n) is 8.14. The quantitative estimate of drug-likeness (QED) is 0.621.